The zero-order valence-electron chi connectivity index (χ0n) is 9.56. The normalized spacial score (nSPS) is 21.8. The van der Waals surface area contributed by atoms with Crippen LogP contribution in [0.5, 0.6) is 0 Å². The standard InChI is InChI=1S/C13H17NO2/c1-9(10-4-5-10)14(11-6-7-11)13(15)12-3-2-8-16-12/h2-3,8-11H,4-7H2,1H3. The molecule has 0 saturated heterocycles. The number of nitrogens with zero attached hydrogens (tertiary/aromatic N) is 1. The summed E-state index contributed by atoms with van der Waals surface area (Å²) in [5, 5.41) is 0. The van der Waals surface area contributed by atoms with Crippen LogP contribution in [0.4, 0.5) is 0 Å². The molecule has 1 aromatic rings. The summed E-state index contributed by atoms with van der Waals surface area (Å²) < 4.78 is 5.21. The zero-order valence-corrected chi connectivity index (χ0v) is 9.56. The van der Waals surface area contributed by atoms with Crippen molar-refractivity contribution in [2.24, 2.45) is 5.92 Å². The van der Waals surface area contributed by atoms with Gasteiger partial charge in [-0.05, 0) is 50.7 Å². The highest BCUT2D eigenvalue weighted by molar-refractivity contribution is 5.92. The Morgan fingerprint density at radius 2 is 2.19 bits per heavy atom. The second-order valence-corrected chi connectivity index (χ2v) is 5.00. The van der Waals surface area contributed by atoms with Gasteiger partial charge in [-0.15, -0.1) is 0 Å². The van der Waals surface area contributed by atoms with E-state index >= 15 is 0 Å². The molecule has 86 valence electrons. The fourth-order valence-electron chi connectivity index (χ4n) is 2.37. The van der Waals surface area contributed by atoms with E-state index in [4.69, 9.17) is 4.42 Å². The maximum atomic E-state index is 12.3. The first-order valence-corrected chi connectivity index (χ1v) is 6.13. The van der Waals surface area contributed by atoms with E-state index in [-0.39, 0.29) is 5.91 Å². The Morgan fingerprint density at radius 3 is 2.69 bits per heavy atom. The molecule has 0 aromatic carbocycles. The minimum atomic E-state index is 0.0758. The third-order valence-electron chi connectivity index (χ3n) is 3.65. The molecule has 2 fully saturated rings. The van der Waals surface area contributed by atoms with Crippen molar-refractivity contribution in [1.29, 1.82) is 0 Å². The number of furan rings is 1. The summed E-state index contributed by atoms with van der Waals surface area (Å²) in [5.41, 5.74) is 0. The van der Waals surface area contributed by atoms with Crippen LogP contribution in [0.15, 0.2) is 22.8 Å². The van der Waals surface area contributed by atoms with Gasteiger partial charge in [-0.3, -0.25) is 4.79 Å². The van der Waals surface area contributed by atoms with E-state index < -0.39 is 0 Å². The monoisotopic (exact) mass is 219 g/mol. The van der Waals surface area contributed by atoms with E-state index in [1.807, 2.05) is 0 Å². The fourth-order valence-corrected chi connectivity index (χ4v) is 2.37. The second-order valence-electron chi connectivity index (χ2n) is 5.00. The zero-order chi connectivity index (χ0) is 11.1. The quantitative estimate of drug-likeness (QED) is 0.780. The molecule has 1 aromatic heterocycles. The van der Waals surface area contributed by atoms with E-state index in [1.165, 1.54) is 12.8 Å². The van der Waals surface area contributed by atoms with Gasteiger partial charge < -0.3 is 9.32 Å². The number of hydrogen-bond donors (Lipinski definition) is 0. The summed E-state index contributed by atoms with van der Waals surface area (Å²) in [7, 11) is 0. The third-order valence-corrected chi connectivity index (χ3v) is 3.65. The summed E-state index contributed by atoms with van der Waals surface area (Å²) in [6, 6.07) is 4.38. The molecule has 2 aliphatic rings. The van der Waals surface area contributed by atoms with Crippen LogP contribution in [0.25, 0.3) is 0 Å². The molecule has 3 rings (SSSR count). The largest absolute Gasteiger partial charge is 0.459 e. The van der Waals surface area contributed by atoms with Gasteiger partial charge in [0.25, 0.3) is 5.91 Å². The van der Waals surface area contributed by atoms with Crippen molar-refractivity contribution in [3.63, 3.8) is 0 Å². The van der Waals surface area contributed by atoms with Gasteiger partial charge in [-0.2, -0.15) is 0 Å². The molecule has 3 heteroatoms. The van der Waals surface area contributed by atoms with E-state index in [0.29, 0.717) is 17.8 Å². The maximum Gasteiger partial charge on any atom is 0.290 e. The average molecular weight is 219 g/mol. The molecule has 3 nitrogen and oxygen atoms in total. The lowest BCUT2D eigenvalue weighted by Crippen LogP contribution is -2.41. The van der Waals surface area contributed by atoms with Gasteiger partial charge in [0.1, 0.15) is 0 Å². The van der Waals surface area contributed by atoms with Crippen molar-refractivity contribution >= 4 is 5.91 Å². The topological polar surface area (TPSA) is 33.5 Å². The molecule has 0 bridgehead atoms. The summed E-state index contributed by atoms with van der Waals surface area (Å²) in [4.78, 5) is 14.3. The Morgan fingerprint density at radius 1 is 1.44 bits per heavy atom. The first kappa shape index (κ1) is 9.94. The molecule has 1 amide bonds. The van der Waals surface area contributed by atoms with Crippen LogP contribution >= 0.6 is 0 Å². The van der Waals surface area contributed by atoms with Crippen molar-refractivity contribution in [1.82, 2.24) is 4.90 Å². The Kier molecular flexibility index (Phi) is 2.27. The molecule has 2 saturated carbocycles. The molecule has 1 atom stereocenters. The van der Waals surface area contributed by atoms with E-state index in [0.717, 1.165) is 18.8 Å². The molecular formula is C13H17NO2. The van der Waals surface area contributed by atoms with Gasteiger partial charge in [0.15, 0.2) is 5.76 Å². The highest BCUT2D eigenvalue weighted by Crippen LogP contribution is 2.40. The number of carbonyl (C=O) groups excluding carboxylic acids is 1. The molecule has 16 heavy (non-hydrogen) atoms. The molecule has 0 radical (unpaired) electrons. The predicted octanol–water partition coefficient (Wildman–Crippen LogP) is 2.68. The van der Waals surface area contributed by atoms with Crippen molar-refractivity contribution in [3.8, 4) is 0 Å². The van der Waals surface area contributed by atoms with Gasteiger partial charge >= 0.3 is 0 Å². The summed E-state index contributed by atoms with van der Waals surface area (Å²) in [6.45, 7) is 2.18. The van der Waals surface area contributed by atoms with Crippen molar-refractivity contribution < 1.29 is 9.21 Å². The van der Waals surface area contributed by atoms with Gasteiger partial charge in [0.05, 0.1) is 6.26 Å². The van der Waals surface area contributed by atoms with E-state index in [9.17, 15) is 4.79 Å². The Labute approximate surface area is 95.4 Å². The number of carbonyl (C=O) groups is 1. The summed E-state index contributed by atoms with van der Waals surface area (Å²) in [6.07, 6.45) is 6.43. The predicted molar refractivity (Wildman–Crippen MR) is 60.1 cm³/mol. The van der Waals surface area contributed by atoms with Crippen LogP contribution in [0.3, 0.4) is 0 Å². The van der Waals surface area contributed by atoms with Gasteiger partial charge in [-0.25, -0.2) is 0 Å². The van der Waals surface area contributed by atoms with Crippen molar-refractivity contribution in [2.75, 3.05) is 0 Å². The summed E-state index contributed by atoms with van der Waals surface area (Å²) >= 11 is 0. The van der Waals surface area contributed by atoms with E-state index in [2.05, 4.69) is 11.8 Å². The third kappa shape index (κ3) is 1.75. The number of amides is 1. The highest BCUT2D eigenvalue weighted by atomic mass is 16.3. The number of rotatable bonds is 4. The average Bonchev–Trinajstić information content (AvgIpc) is 3.19. The van der Waals surface area contributed by atoms with E-state index in [1.54, 1.807) is 18.4 Å². The Bertz CT molecular complexity index is 377. The lowest BCUT2D eigenvalue weighted by atomic mass is 10.1. The van der Waals surface area contributed by atoms with Crippen LogP contribution in [-0.2, 0) is 0 Å². The fraction of sp³-hybridized carbons (Fsp3) is 0.615. The lowest BCUT2D eigenvalue weighted by Gasteiger charge is -2.28. The SMILES string of the molecule is CC(C1CC1)N(C(=O)c1ccco1)C1CC1. The van der Waals surface area contributed by atoms with Crippen LogP contribution in [0.2, 0.25) is 0 Å². The molecule has 0 spiro atoms. The maximum absolute atomic E-state index is 12.3. The summed E-state index contributed by atoms with van der Waals surface area (Å²) in [5.74, 6) is 1.28. The molecule has 0 aliphatic heterocycles. The first-order valence-electron chi connectivity index (χ1n) is 6.13. The van der Waals surface area contributed by atoms with Crippen LogP contribution in [-0.4, -0.2) is 22.9 Å². The number of hydrogen-bond acceptors (Lipinski definition) is 2. The van der Waals surface area contributed by atoms with Crippen molar-refractivity contribution in [2.45, 2.75) is 44.7 Å². The smallest absolute Gasteiger partial charge is 0.290 e. The molecule has 2 aliphatic carbocycles. The van der Waals surface area contributed by atoms with Gasteiger partial charge in [-0.1, -0.05) is 0 Å². The highest BCUT2D eigenvalue weighted by Gasteiger charge is 2.42. The first-order chi connectivity index (χ1) is 7.77. The Hall–Kier alpha value is -1.25. The Balaban J connectivity index is 1.79. The van der Waals surface area contributed by atoms with Gasteiger partial charge in [0, 0.05) is 12.1 Å². The minimum absolute atomic E-state index is 0.0758. The van der Waals surface area contributed by atoms with Crippen LogP contribution in [0, 0.1) is 5.92 Å². The van der Waals surface area contributed by atoms with Crippen molar-refractivity contribution in [3.05, 3.63) is 24.2 Å². The van der Waals surface area contributed by atoms with Gasteiger partial charge in [0.2, 0.25) is 0 Å². The van der Waals surface area contributed by atoms with Crippen LogP contribution < -0.4 is 0 Å². The second kappa shape index (κ2) is 3.65. The molecule has 1 unspecified atom stereocenters. The molecule has 0 N–H and O–H groups in total. The minimum Gasteiger partial charge on any atom is -0.459 e. The molecule has 1 heterocycles. The molecular weight excluding hydrogens is 202 g/mol. The van der Waals surface area contributed by atoms with Crippen LogP contribution in [0.1, 0.15) is 43.2 Å². The lowest BCUT2D eigenvalue weighted by molar-refractivity contribution is 0.0621.